The Balaban J connectivity index is 1.82. The van der Waals surface area contributed by atoms with E-state index in [1.54, 1.807) is 0 Å². The highest BCUT2D eigenvalue weighted by Crippen LogP contribution is 2.24. The van der Waals surface area contributed by atoms with Gasteiger partial charge >= 0.3 is 5.97 Å². The number of aliphatic carboxylic acids is 1. The van der Waals surface area contributed by atoms with Gasteiger partial charge in [-0.25, -0.2) is 0 Å². The fourth-order valence-electron chi connectivity index (χ4n) is 3.03. The lowest BCUT2D eigenvalue weighted by Gasteiger charge is -2.24. The third kappa shape index (κ3) is 4.20. The molecule has 2 atom stereocenters. The van der Waals surface area contributed by atoms with E-state index in [1.165, 1.54) is 6.42 Å². The van der Waals surface area contributed by atoms with Gasteiger partial charge in [0.15, 0.2) is 0 Å². The van der Waals surface area contributed by atoms with Crippen molar-refractivity contribution in [3.05, 3.63) is 0 Å². The number of nitrogens with one attached hydrogen (secondary N) is 1. The number of carboxylic acid groups (broad SMARTS) is 1. The Morgan fingerprint density at radius 2 is 1.89 bits per heavy atom. The SMILES string of the molecule is O=C(C[C@H](C(=O)O)[C@H]1CCCO1)NC1CCCCC1. The number of rotatable bonds is 5. The quantitative estimate of drug-likeness (QED) is 0.796. The van der Waals surface area contributed by atoms with Crippen molar-refractivity contribution in [1.29, 1.82) is 0 Å². The summed E-state index contributed by atoms with van der Waals surface area (Å²) in [6.45, 7) is 0.610. The van der Waals surface area contributed by atoms with Crippen LogP contribution in [0.2, 0.25) is 0 Å². The van der Waals surface area contributed by atoms with Crippen molar-refractivity contribution < 1.29 is 19.4 Å². The number of ether oxygens (including phenoxy) is 1. The summed E-state index contributed by atoms with van der Waals surface area (Å²) >= 11 is 0. The predicted molar refractivity (Wildman–Crippen MR) is 69.7 cm³/mol. The lowest BCUT2D eigenvalue weighted by molar-refractivity contribution is -0.149. The van der Waals surface area contributed by atoms with E-state index >= 15 is 0 Å². The molecule has 1 heterocycles. The van der Waals surface area contributed by atoms with E-state index in [0.717, 1.165) is 38.5 Å². The minimum atomic E-state index is -0.925. The van der Waals surface area contributed by atoms with E-state index in [9.17, 15) is 14.7 Å². The van der Waals surface area contributed by atoms with Crippen LogP contribution in [0.1, 0.15) is 51.4 Å². The Kier molecular flexibility index (Phi) is 5.19. The van der Waals surface area contributed by atoms with Gasteiger partial charge in [0, 0.05) is 19.1 Å². The lowest BCUT2D eigenvalue weighted by atomic mass is 9.93. The summed E-state index contributed by atoms with van der Waals surface area (Å²) in [5.41, 5.74) is 0. The summed E-state index contributed by atoms with van der Waals surface area (Å²) in [6, 6.07) is 0.236. The number of hydrogen-bond acceptors (Lipinski definition) is 3. The smallest absolute Gasteiger partial charge is 0.309 e. The number of hydrogen-bond donors (Lipinski definition) is 2. The average molecular weight is 269 g/mol. The van der Waals surface area contributed by atoms with Crippen LogP contribution in [0.3, 0.4) is 0 Å². The van der Waals surface area contributed by atoms with Gasteiger partial charge in [-0.3, -0.25) is 9.59 Å². The average Bonchev–Trinajstić information content (AvgIpc) is 2.90. The van der Waals surface area contributed by atoms with Crippen LogP contribution in [-0.4, -0.2) is 35.7 Å². The van der Waals surface area contributed by atoms with Gasteiger partial charge in [-0.15, -0.1) is 0 Å². The molecule has 0 bridgehead atoms. The molecule has 1 saturated heterocycles. The highest BCUT2D eigenvalue weighted by Gasteiger charge is 2.33. The minimum absolute atomic E-state index is 0.0382. The Bertz CT molecular complexity index is 319. The van der Waals surface area contributed by atoms with Crippen LogP contribution < -0.4 is 5.32 Å². The van der Waals surface area contributed by atoms with E-state index in [-0.39, 0.29) is 24.5 Å². The maximum atomic E-state index is 12.0. The van der Waals surface area contributed by atoms with Crippen LogP contribution in [-0.2, 0) is 14.3 Å². The monoisotopic (exact) mass is 269 g/mol. The Hall–Kier alpha value is -1.10. The molecule has 5 nitrogen and oxygen atoms in total. The summed E-state index contributed by atoms with van der Waals surface area (Å²) in [5.74, 6) is -1.77. The molecule has 1 aliphatic heterocycles. The minimum Gasteiger partial charge on any atom is -0.481 e. The molecule has 2 N–H and O–H groups in total. The first-order valence-electron chi connectivity index (χ1n) is 7.30. The fraction of sp³-hybridized carbons (Fsp3) is 0.857. The number of carboxylic acids is 1. The molecule has 5 heteroatoms. The summed E-state index contributed by atoms with van der Waals surface area (Å²) in [4.78, 5) is 23.2. The second kappa shape index (κ2) is 6.89. The molecule has 2 aliphatic rings. The van der Waals surface area contributed by atoms with Crippen molar-refractivity contribution in [2.24, 2.45) is 5.92 Å². The van der Waals surface area contributed by atoms with Crippen LogP contribution >= 0.6 is 0 Å². The lowest BCUT2D eigenvalue weighted by Crippen LogP contribution is -2.40. The molecule has 0 radical (unpaired) electrons. The van der Waals surface area contributed by atoms with Crippen molar-refractivity contribution in [1.82, 2.24) is 5.32 Å². The summed E-state index contributed by atoms with van der Waals surface area (Å²) in [6.07, 6.45) is 6.95. The van der Waals surface area contributed by atoms with Crippen LogP contribution in [0.15, 0.2) is 0 Å². The molecular weight excluding hydrogens is 246 g/mol. The molecule has 0 unspecified atom stereocenters. The largest absolute Gasteiger partial charge is 0.481 e. The summed E-state index contributed by atoms with van der Waals surface area (Å²) in [5, 5.41) is 12.2. The van der Waals surface area contributed by atoms with Crippen LogP contribution in [0, 0.1) is 5.92 Å². The Morgan fingerprint density at radius 1 is 1.16 bits per heavy atom. The maximum absolute atomic E-state index is 12.0. The van der Waals surface area contributed by atoms with E-state index in [4.69, 9.17) is 4.74 Å². The van der Waals surface area contributed by atoms with Crippen molar-refractivity contribution >= 4 is 11.9 Å². The van der Waals surface area contributed by atoms with Crippen molar-refractivity contribution in [2.75, 3.05) is 6.61 Å². The molecule has 1 aliphatic carbocycles. The highest BCUT2D eigenvalue weighted by atomic mass is 16.5. The highest BCUT2D eigenvalue weighted by molar-refractivity contribution is 5.82. The van der Waals surface area contributed by atoms with Crippen LogP contribution in [0.25, 0.3) is 0 Å². The van der Waals surface area contributed by atoms with Gasteiger partial charge in [-0.1, -0.05) is 19.3 Å². The molecule has 19 heavy (non-hydrogen) atoms. The van der Waals surface area contributed by atoms with Crippen molar-refractivity contribution in [2.45, 2.75) is 63.5 Å². The molecule has 2 rings (SSSR count). The number of carbonyl (C=O) groups is 2. The third-order valence-electron chi connectivity index (χ3n) is 4.11. The van der Waals surface area contributed by atoms with Crippen molar-refractivity contribution in [3.8, 4) is 0 Å². The molecular formula is C14H23NO4. The first-order valence-corrected chi connectivity index (χ1v) is 7.30. The van der Waals surface area contributed by atoms with Gasteiger partial charge in [-0.05, 0) is 25.7 Å². The van der Waals surface area contributed by atoms with Gasteiger partial charge in [0.25, 0.3) is 0 Å². The van der Waals surface area contributed by atoms with Gasteiger partial charge in [-0.2, -0.15) is 0 Å². The van der Waals surface area contributed by atoms with E-state index < -0.39 is 11.9 Å². The van der Waals surface area contributed by atoms with Gasteiger partial charge in [0.1, 0.15) is 0 Å². The zero-order chi connectivity index (χ0) is 13.7. The van der Waals surface area contributed by atoms with E-state index in [0.29, 0.717) is 6.61 Å². The van der Waals surface area contributed by atoms with Gasteiger partial charge in [0.2, 0.25) is 5.91 Å². The Morgan fingerprint density at radius 3 is 2.47 bits per heavy atom. The molecule has 0 aromatic rings. The number of amides is 1. The standard InChI is InChI=1S/C14H23NO4/c16-13(15-10-5-2-1-3-6-10)9-11(14(17)18)12-7-4-8-19-12/h10-12H,1-9H2,(H,15,16)(H,17,18)/t11-,12+/m0/s1. The molecule has 2 fully saturated rings. The van der Waals surface area contributed by atoms with Crippen molar-refractivity contribution in [3.63, 3.8) is 0 Å². The second-order valence-corrected chi connectivity index (χ2v) is 5.60. The van der Waals surface area contributed by atoms with E-state index in [1.807, 2.05) is 0 Å². The first kappa shape index (κ1) is 14.3. The maximum Gasteiger partial charge on any atom is 0.309 e. The topological polar surface area (TPSA) is 75.6 Å². The molecule has 0 spiro atoms. The van der Waals surface area contributed by atoms with Gasteiger partial charge < -0.3 is 15.2 Å². The molecule has 1 amide bonds. The summed E-state index contributed by atoms with van der Waals surface area (Å²) < 4.78 is 5.41. The fourth-order valence-corrected chi connectivity index (χ4v) is 3.03. The zero-order valence-electron chi connectivity index (χ0n) is 11.3. The molecule has 0 aromatic carbocycles. The third-order valence-corrected chi connectivity index (χ3v) is 4.11. The van der Waals surface area contributed by atoms with E-state index in [2.05, 4.69) is 5.32 Å². The van der Waals surface area contributed by atoms with Gasteiger partial charge in [0.05, 0.1) is 12.0 Å². The summed E-state index contributed by atoms with van der Waals surface area (Å²) in [7, 11) is 0. The zero-order valence-corrected chi connectivity index (χ0v) is 11.3. The molecule has 0 aromatic heterocycles. The van der Waals surface area contributed by atoms with Crippen LogP contribution in [0.4, 0.5) is 0 Å². The van der Waals surface area contributed by atoms with Crippen LogP contribution in [0.5, 0.6) is 0 Å². The predicted octanol–water partition coefficient (Wildman–Crippen LogP) is 1.71. The normalized spacial score (nSPS) is 26.0. The molecule has 1 saturated carbocycles. The Labute approximate surface area is 113 Å². The number of carbonyl (C=O) groups excluding carboxylic acids is 1. The first-order chi connectivity index (χ1) is 9.16. The molecule has 108 valence electrons. The second-order valence-electron chi connectivity index (χ2n) is 5.60.